The SMILES string of the molecule is O=C(Nc1ccc(N2CCCC2=O)c(F)c1)c1ccccc1-c1ccccc1. The van der Waals surface area contributed by atoms with Crippen molar-refractivity contribution in [2.45, 2.75) is 12.8 Å². The van der Waals surface area contributed by atoms with Crippen LogP contribution in [0.5, 0.6) is 0 Å². The number of carbonyl (C=O) groups excluding carboxylic acids is 2. The fraction of sp³-hybridized carbons (Fsp3) is 0.130. The molecule has 4 rings (SSSR count). The molecule has 0 unspecified atom stereocenters. The maximum atomic E-state index is 14.5. The van der Waals surface area contributed by atoms with Crippen LogP contribution >= 0.6 is 0 Å². The first-order valence-corrected chi connectivity index (χ1v) is 9.19. The van der Waals surface area contributed by atoms with Crippen LogP contribution in [0, 0.1) is 5.82 Å². The molecule has 0 aliphatic carbocycles. The van der Waals surface area contributed by atoms with E-state index in [0.717, 1.165) is 17.5 Å². The molecule has 1 aliphatic heterocycles. The number of anilines is 2. The Bertz CT molecular complexity index is 1030. The van der Waals surface area contributed by atoms with Crippen LogP contribution in [0.3, 0.4) is 0 Å². The highest BCUT2D eigenvalue weighted by molar-refractivity contribution is 6.08. The van der Waals surface area contributed by atoms with Crippen LogP contribution in [0.1, 0.15) is 23.2 Å². The molecule has 3 aromatic carbocycles. The van der Waals surface area contributed by atoms with Crippen LogP contribution < -0.4 is 10.2 Å². The van der Waals surface area contributed by atoms with Gasteiger partial charge in [-0.05, 0) is 41.8 Å². The Morgan fingerprint density at radius 3 is 2.43 bits per heavy atom. The number of carbonyl (C=O) groups is 2. The van der Waals surface area contributed by atoms with E-state index in [0.29, 0.717) is 24.2 Å². The summed E-state index contributed by atoms with van der Waals surface area (Å²) in [5, 5.41) is 2.76. The maximum absolute atomic E-state index is 14.5. The molecule has 140 valence electrons. The molecule has 5 heteroatoms. The van der Waals surface area contributed by atoms with Crippen LogP contribution in [-0.2, 0) is 4.79 Å². The molecular formula is C23H19FN2O2. The van der Waals surface area contributed by atoms with Gasteiger partial charge in [0.05, 0.1) is 5.69 Å². The second kappa shape index (κ2) is 7.64. The van der Waals surface area contributed by atoms with Crippen molar-refractivity contribution in [3.8, 4) is 11.1 Å². The summed E-state index contributed by atoms with van der Waals surface area (Å²) in [5.41, 5.74) is 2.85. The van der Waals surface area contributed by atoms with E-state index in [1.165, 1.54) is 17.0 Å². The zero-order valence-electron chi connectivity index (χ0n) is 15.2. The van der Waals surface area contributed by atoms with Crippen LogP contribution in [0.15, 0.2) is 72.8 Å². The third kappa shape index (κ3) is 3.51. The predicted molar refractivity (Wildman–Crippen MR) is 108 cm³/mol. The fourth-order valence-corrected chi connectivity index (χ4v) is 3.46. The molecule has 3 aromatic rings. The van der Waals surface area contributed by atoms with Crippen molar-refractivity contribution in [3.63, 3.8) is 0 Å². The lowest BCUT2D eigenvalue weighted by molar-refractivity contribution is -0.117. The van der Waals surface area contributed by atoms with Crippen molar-refractivity contribution in [2.24, 2.45) is 0 Å². The molecule has 1 saturated heterocycles. The van der Waals surface area contributed by atoms with E-state index in [9.17, 15) is 14.0 Å². The minimum absolute atomic E-state index is 0.0764. The highest BCUT2D eigenvalue weighted by atomic mass is 19.1. The minimum Gasteiger partial charge on any atom is -0.322 e. The first kappa shape index (κ1) is 17.9. The number of halogens is 1. The van der Waals surface area contributed by atoms with Crippen molar-refractivity contribution in [3.05, 3.63) is 84.2 Å². The molecular weight excluding hydrogens is 355 g/mol. The van der Waals surface area contributed by atoms with Gasteiger partial charge < -0.3 is 10.2 Å². The Kier molecular flexibility index (Phi) is 4.89. The Labute approximate surface area is 162 Å². The smallest absolute Gasteiger partial charge is 0.256 e. The number of nitrogens with zero attached hydrogens (tertiary/aromatic N) is 1. The Morgan fingerprint density at radius 2 is 1.71 bits per heavy atom. The van der Waals surface area contributed by atoms with Gasteiger partial charge in [-0.2, -0.15) is 0 Å². The summed E-state index contributed by atoms with van der Waals surface area (Å²) in [7, 11) is 0. The molecule has 0 bridgehead atoms. The molecule has 1 N–H and O–H groups in total. The minimum atomic E-state index is -0.524. The lowest BCUT2D eigenvalue weighted by atomic mass is 9.99. The summed E-state index contributed by atoms with van der Waals surface area (Å²) in [4.78, 5) is 26.1. The summed E-state index contributed by atoms with van der Waals surface area (Å²) < 4.78 is 14.5. The van der Waals surface area contributed by atoms with Gasteiger partial charge in [0.2, 0.25) is 5.91 Å². The summed E-state index contributed by atoms with van der Waals surface area (Å²) in [6, 6.07) is 21.3. The molecule has 28 heavy (non-hydrogen) atoms. The van der Waals surface area contributed by atoms with Gasteiger partial charge in [-0.25, -0.2) is 4.39 Å². The number of nitrogens with one attached hydrogen (secondary N) is 1. The second-order valence-electron chi connectivity index (χ2n) is 6.68. The third-order valence-electron chi connectivity index (χ3n) is 4.83. The first-order valence-electron chi connectivity index (χ1n) is 9.19. The fourth-order valence-electron chi connectivity index (χ4n) is 3.46. The maximum Gasteiger partial charge on any atom is 0.256 e. The van der Waals surface area contributed by atoms with E-state index in [1.807, 2.05) is 42.5 Å². The number of amides is 2. The van der Waals surface area contributed by atoms with Crippen LogP contribution in [0.4, 0.5) is 15.8 Å². The van der Waals surface area contributed by atoms with Crippen molar-refractivity contribution < 1.29 is 14.0 Å². The monoisotopic (exact) mass is 374 g/mol. The van der Waals surface area contributed by atoms with Gasteiger partial charge in [0.1, 0.15) is 5.82 Å². The molecule has 1 fully saturated rings. The van der Waals surface area contributed by atoms with Crippen molar-refractivity contribution >= 4 is 23.2 Å². The molecule has 0 aromatic heterocycles. The molecule has 0 atom stereocenters. The Balaban J connectivity index is 1.58. The predicted octanol–water partition coefficient (Wildman–Crippen LogP) is 4.87. The van der Waals surface area contributed by atoms with Gasteiger partial charge in [0.25, 0.3) is 5.91 Å². The van der Waals surface area contributed by atoms with Crippen LogP contribution in [0.25, 0.3) is 11.1 Å². The Hall–Kier alpha value is -3.47. The van der Waals surface area contributed by atoms with Crippen molar-refractivity contribution in [2.75, 3.05) is 16.8 Å². The molecule has 0 radical (unpaired) electrons. The average molecular weight is 374 g/mol. The van der Waals surface area contributed by atoms with Gasteiger partial charge in [-0.3, -0.25) is 9.59 Å². The van der Waals surface area contributed by atoms with E-state index in [-0.39, 0.29) is 17.5 Å². The van der Waals surface area contributed by atoms with Gasteiger partial charge in [-0.1, -0.05) is 48.5 Å². The van der Waals surface area contributed by atoms with E-state index >= 15 is 0 Å². The Morgan fingerprint density at radius 1 is 0.964 bits per heavy atom. The molecule has 4 nitrogen and oxygen atoms in total. The van der Waals surface area contributed by atoms with E-state index in [2.05, 4.69) is 5.32 Å². The molecule has 1 heterocycles. The summed E-state index contributed by atoms with van der Waals surface area (Å²) >= 11 is 0. The average Bonchev–Trinajstić information content (AvgIpc) is 3.14. The number of benzene rings is 3. The summed E-state index contributed by atoms with van der Waals surface area (Å²) in [5.74, 6) is -0.916. The quantitative estimate of drug-likeness (QED) is 0.708. The topological polar surface area (TPSA) is 49.4 Å². The van der Waals surface area contributed by atoms with E-state index in [4.69, 9.17) is 0 Å². The lowest BCUT2D eigenvalue weighted by Gasteiger charge is -2.17. The highest BCUT2D eigenvalue weighted by Gasteiger charge is 2.24. The normalized spacial score (nSPS) is 13.6. The first-order chi connectivity index (χ1) is 13.6. The molecule has 2 amide bonds. The lowest BCUT2D eigenvalue weighted by Crippen LogP contribution is -2.24. The van der Waals surface area contributed by atoms with Gasteiger partial charge in [-0.15, -0.1) is 0 Å². The standard InChI is InChI=1S/C23H19FN2O2/c24-20-15-17(12-13-21(20)26-14-6-11-22(26)27)25-23(28)19-10-5-4-9-18(19)16-7-2-1-3-8-16/h1-5,7-10,12-13,15H,6,11,14H2,(H,25,28). The van der Waals surface area contributed by atoms with E-state index < -0.39 is 5.82 Å². The van der Waals surface area contributed by atoms with Gasteiger partial charge in [0, 0.05) is 24.2 Å². The third-order valence-corrected chi connectivity index (χ3v) is 4.83. The highest BCUT2D eigenvalue weighted by Crippen LogP contribution is 2.28. The van der Waals surface area contributed by atoms with Gasteiger partial charge in [0.15, 0.2) is 0 Å². The van der Waals surface area contributed by atoms with Crippen molar-refractivity contribution in [1.82, 2.24) is 0 Å². The molecule has 1 aliphatic rings. The van der Waals surface area contributed by atoms with Gasteiger partial charge >= 0.3 is 0 Å². The van der Waals surface area contributed by atoms with E-state index in [1.54, 1.807) is 18.2 Å². The van der Waals surface area contributed by atoms with Crippen LogP contribution in [-0.4, -0.2) is 18.4 Å². The number of hydrogen-bond acceptors (Lipinski definition) is 2. The largest absolute Gasteiger partial charge is 0.322 e. The zero-order valence-corrected chi connectivity index (χ0v) is 15.2. The number of rotatable bonds is 4. The summed E-state index contributed by atoms with van der Waals surface area (Å²) in [6.07, 6.45) is 1.17. The van der Waals surface area contributed by atoms with Crippen LogP contribution in [0.2, 0.25) is 0 Å². The number of hydrogen-bond donors (Lipinski definition) is 1. The molecule has 0 saturated carbocycles. The van der Waals surface area contributed by atoms with Crippen molar-refractivity contribution in [1.29, 1.82) is 0 Å². The zero-order chi connectivity index (χ0) is 19.5. The molecule has 0 spiro atoms. The summed E-state index contributed by atoms with van der Waals surface area (Å²) in [6.45, 7) is 0.520. The second-order valence-corrected chi connectivity index (χ2v) is 6.68.